The van der Waals surface area contributed by atoms with Crippen LogP contribution in [0.3, 0.4) is 0 Å². The molecule has 526 valence electrons. The third-order valence-electron chi connectivity index (χ3n) is 22.0. The second kappa shape index (κ2) is 29.5. The van der Waals surface area contributed by atoms with E-state index in [0.29, 0.717) is 0 Å². The maximum absolute atomic E-state index is 2.38. The summed E-state index contributed by atoms with van der Waals surface area (Å²) in [4.78, 5) is 4.76. The number of fused-ring (bicyclic) bond motifs is 9. The first-order valence-corrected chi connectivity index (χ1v) is 39.9. The van der Waals surface area contributed by atoms with Crippen LogP contribution in [0.2, 0.25) is 0 Å². The zero-order valence-corrected chi connectivity index (χ0v) is 62.9. The lowest BCUT2D eigenvalue weighted by atomic mass is 9.95. The van der Waals surface area contributed by atoms with Gasteiger partial charge in [-0.15, -0.1) is 22.7 Å². The lowest BCUT2D eigenvalue weighted by Crippen LogP contribution is -2.10. The van der Waals surface area contributed by atoms with Crippen LogP contribution in [0.4, 0.5) is 34.1 Å². The van der Waals surface area contributed by atoms with Gasteiger partial charge in [0.1, 0.15) is 0 Å². The van der Waals surface area contributed by atoms with Crippen molar-refractivity contribution in [2.45, 2.75) is 0 Å². The second-order valence-corrected chi connectivity index (χ2v) is 30.6. The van der Waals surface area contributed by atoms with Gasteiger partial charge in [-0.3, -0.25) is 0 Å². The Morgan fingerprint density at radius 1 is 0.143 bits per heavy atom. The fourth-order valence-electron chi connectivity index (χ4n) is 16.7. The number of hydrogen-bond acceptors (Lipinski definition) is 4. The average molecular weight is 1460 g/mol. The van der Waals surface area contributed by atoms with E-state index in [-0.39, 0.29) is 0 Å². The van der Waals surface area contributed by atoms with E-state index in [0.717, 1.165) is 34.1 Å². The first kappa shape index (κ1) is 67.4. The molecule has 0 N–H and O–H groups in total. The van der Waals surface area contributed by atoms with Crippen molar-refractivity contribution in [3.8, 4) is 89.0 Å². The average Bonchev–Trinajstić information content (AvgIpc) is 1.54. The molecule has 21 aromatic rings. The van der Waals surface area contributed by atoms with Gasteiger partial charge in [0.2, 0.25) is 0 Å². The summed E-state index contributed by atoms with van der Waals surface area (Å²) in [6.45, 7) is 0. The Bertz CT molecular complexity index is 7030. The molecule has 2 aromatic heterocycles. The molecule has 0 atom stereocenters. The summed E-state index contributed by atoms with van der Waals surface area (Å²) in [5, 5.41) is 12.7. The van der Waals surface area contributed by atoms with Gasteiger partial charge in [-0.1, -0.05) is 364 Å². The molecule has 0 amide bonds. The van der Waals surface area contributed by atoms with E-state index in [1.807, 2.05) is 22.7 Å². The van der Waals surface area contributed by atoms with Gasteiger partial charge >= 0.3 is 0 Å². The van der Waals surface area contributed by atoms with Crippen LogP contribution in [0.5, 0.6) is 0 Å². The van der Waals surface area contributed by atoms with E-state index < -0.39 is 0 Å². The van der Waals surface area contributed by atoms with Crippen molar-refractivity contribution in [3.63, 3.8) is 0 Å². The van der Waals surface area contributed by atoms with Gasteiger partial charge in [-0.25, -0.2) is 0 Å². The van der Waals surface area contributed by atoms with E-state index in [1.54, 1.807) is 0 Å². The number of para-hydroxylation sites is 2. The number of rotatable bonds is 14. The van der Waals surface area contributed by atoms with Crippen molar-refractivity contribution in [1.29, 1.82) is 0 Å². The highest BCUT2D eigenvalue weighted by Crippen LogP contribution is 2.50. The maximum Gasteiger partial charge on any atom is 0.0540 e. The van der Waals surface area contributed by atoms with Gasteiger partial charge in [0.15, 0.2) is 0 Å². The van der Waals surface area contributed by atoms with Crippen LogP contribution in [0, 0.1) is 0 Å². The predicted octanol–water partition coefficient (Wildman–Crippen LogP) is 31.8. The Morgan fingerprint density at radius 2 is 0.420 bits per heavy atom. The highest BCUT2D eigenvalue weighted by Gasteiger charge is 2.23. The van der Waals surface area contributed by atoms with Crippen LogP contribution in [0.15, 0.2) is 437 Å². The fourth-order valence-corrected chi connectivity index (χ4v) is 19.4. The van der Waals surface area contributed by atoms with Crippen LogP contribution < -0.4 is 9.80 Å². The Balaban J connectivity index is 0.000000146. The normalized spacial score (nSPS) is 11.4. The zero-order valence-electron chi connectivity index (χ0n) is 61.3. The monoisotopic (exact) mass is 1460 g/mol. The van der Waals surface area contributed by atoms with Crippen molar-refractivity contribution in [2.24, 2.45) is 0 Å². The Labute approximate surface area is 660 Å². The van der Waals surface area contributed by atoms with Gasteiger partial charge in [-0.05, 0) is 178 Å². The molecular weight excluding hydrogens is 1390 g/mol. The standard InChI is InChI=1S/C56H37NS.C52H35NS/c1-3-15-39(16-4-1)46-35-36-54(50-25-10-9-24-48(46)50)57(43-21-5-2-6-22-43)44-33-31-38(32-34-44)41-19-11-20-42(37-41)47-26-13-29-52-53-30-14-28-51(56(53)58-55(47)52)49-27-12-18-40-17-7-8-23-45(40)49;1-4-15-37(16-5-1)43-33-34-50(47-24-11-10-23-46(43)47)53(41-21-8-3-9-22-41)42-31-29-36(30-32-42)39-19-12-20-40(35-39)45-26-14-28-49-48-27-13-25-44(51(48)54-52(45)49)38-17-6-2-7-18-38/h1-37H;1-35H. The topological polar surface area (TPSA) is 6.48 Å². The highest BCUT2D eigenvalue weighted by atomic mass is 32.1. The number of hydrogen-bond donors (Lipinski definition) is 0. The van der Waals surface area contributed by atoms with Crippen molar-refractivity contribution in [3.05, 3.63) is 437 Å². The first-order valence-electron chi connectivity index (χ1n) is 38.3. The van der Waals surface area contributed by atoms with E-state index in [2.05, 4.69) is 447 Å². The number of anilines is 6. The summed E-state index contributed by atoms with van der Waals surface area (Å²) in [6.07, 6.45) is 0. The molecule has 4 heteroatoms. The fraction of sp³-hybridized carbons (Fsp3) is 0. The van der Waals surface area contributed by atoms with Gasteiger partial charge in [0, 0.05) is 79.4 Å². The van der Waals surface area contributed by atoms with Crippen LogP contribution in [0.25, 0.3) is 162 Å². The molecule has 0 aliphatic heterocycles. The van der Waals surface area contributed by atoms with Crippen molar-refractivity contribution in [2.75, 3.05) is 9.80 Å². The van der Waals surface area contributed by atoms with Crippen molar-refractivity contribution >= 4 is 129 Å². The van der Waals surface area contributed by atoms with Crippen molar-refractivity contribution in [1.82, 2.24) is 0 Å². The molecule has 2 heterocycles. The molecule has 21 rings (SSSR count). The first-order chi connectivity index (χ1) is 55.6. The number of nitrogens with zero attached hydrogens (tertiary/aromatic N) is 2. The third-order valence-corrected chi connectivity index (χ3v) is 24.5. The Kier molecular flexibility index (Phi) is 17.8. The van der Waals surface area contributed by atoms with E-state index >= 15 is 0 Å². The SMILES string of the molecule is c1ccc(-c2ccc(N(c3ccccc3)c3ccc(-c4cccc(-c5cccc6c5sc5c(-c7cccc8ccccc78)cccc56)c4)cc3)c3ccccc23)cc1.c1ccc(-c2ccc(N(c3ccccc3)c3ccc(-c4cccc(-c5cccc6c5sc5c(-c7ccccc7)cccc56)c4)cc3)c3ccccc23)cc1. The Morgan fingerprint density at radius 3 is 0.848 bits per heavy atom. The minimum Gasteiger partial charge on any atom is -0.310 e. The Hall–Kier alpha value is -14.0. The van der Waals surface area contributed by atoms with Crippen LogP contribution >= 0.6 is 22.7 Å². The quantitative estimate of drug-likeness (QED) is 0.107. The molecule has 0 radical (unpaired) electrons. The molecule has 0 aliphatic rings. The molecule has 0 unspecified atom stereocenters. The van der Waals surface area contributed by atoms with E-state index in [1.165, 1.54) is 162 Å². The van der Waals surface area contributed by atoms with Gasteiger partial charge in [-0.2, -0.15) is 0 Å². The molecule has 0 spiro atoms. The molecule has 0 fully saturated rings. The summed E-state index contributed by atoms with van der Waals surface area (Å²) in [5.74, 6) is 0. The largest absolute Gasteiger partial charge is 0.310 e. The summed E-state index contributed by atoms with van der Waals surface area (Å²) < 4.78 is 5.32. The van der Waals surface area contributed by atoms with E-state index in [9.17, 15) is 0 Å². The lowest BCUT2D eigenvalue weighted by molar-refractivity contribution is 1.30. The minimum atomic E-state index is 1.11. The van der Waals surface area contributed by atoms with E-state index in [4.69, 9.17) is 0 Å². The van der Waals surface area contributed by atoms with Crippen LogP contribution in [-0.2, 0) is 0 Å². The number of thiophene rings is 2. The predicted molar refractivity (Wildman–Crippen MR) is 484 cm³/mol. The van der Waals surface area contributed by atoms with Crippen LogP contribution in [-0.4, -0.2) is 0 Å². The molecule has 0 saturated heterocycles. The summed E-state index contributed by atoms with van der Waals surface area (Å²) >= 11 is 3.81. The number of benzene rings is 19. The summed E-state index contributed by atoms with van der Waals surface area (Å²) in [5.41, 5.74) is 26.6. The molecule has 19 aromatic carbocycles. The van der Waals surface area contributed by atoms with Gasteiger partial charge in [0.25, 0.3) is 0 Å². The molecule has 0 saturated carbocycles. The molecule has 2 nitrogen and oxygen atoms in total. The molecule has 0 aliphatic carbocycles. The minimum absolute atomic E-state index is 1.11. The third kappa shape index (κ3) is 12.5. The van der Waals surface area contributed by atoms with Gasteiger partial charge in [0.05, 0.1) is 11.4 Å². The van der Waals surface area contributed by atoms with Crippen molar-refractivity contribution < 1.29 is 0 Å². The second-order valence-electron chi connectivity index (χ2n) is 28.5. The lowest BCUT2D eigenvalue weighted by Gasteiger charge is -2.27. The molecule has 0 bridgehead atoms. The van der Waals surface area contributed by atoms with Gasteiger partial charge < -0.3 is 9.80 Å². The molecule has 112 heavy (non-hydrogen) atoms. The maximum atomic E-state index is 2.38. The molecular formula is C108H72N2S2. The summed E-state index contributed by atoms with van der Waals surface area (Å²) in [6, 6.07) is 159. The highest BCUT2D eigenvalue weighted by molar-refractivity contribution is 7.27. The smallest absolute Gasteiger partial charge is 0.0540 e. The van der Waals surface area contributed by atoms with Crippen LogP contribution in [0.1, 0.15) is 0 Å². The zero-order chi connectivity index (χ0) is 74.3. The summed E-state index contributed by atoms with van der Waals surface area (Å²) in [7, 11) is 0.